The van der Waals surface area contributed by atoms with Crippen LogP contribution in [0.25, 0.3) is 0 Å². The van der Waals surface area contributed by atoms with Crippen molar-refractivity contribution < 1.29 is 13.2 Å². The molecule has 0 unspecified atom stereocenters. The van der Waals surface area contributed by atoms with Crippen LogP contribution in [0.5, 0.6) is 0 Å². The van der Waals surface area contributed by atoms with Gasteiger partial charge in [0.2, 0.25) is 5.91 Å². The lowest BCUT2D eigenvalue weighted by molar-refractivity contribution is -0.124. The Morgan fingerprint density at radius 2 is 2.11 bits per heavy atom. The van der Waals surface area contributed by atoms with Gasteiger partial charge < -0.3 is 9.88 Å². The maximum Gasteiger partial charge on any atom is 0.243 e. The third-order valence-electron chi connectivity index (χ3n) is 3.56. The number of nitrogens with zero attached hydrogens (tertiary/aromatic N) is 2. The van der Waals surface area contributed by atoms with Gasteiger partial charge in [0.05, 0.1) is 11.5 Å². The van der Waals surface area contributed by atoms with Crippen LogP contribution in [0.1, 0.15) is 31.6 Å². The molecule has 1 aromatic heterocycles. The van der Waals surface area contributed by atoms with E-state index in [1.807, 2.05) is 13.8 Å². The minimum atomic E-state index is -2.89. The number of aromatic nitrogens is 2. The van der Waals surface area contributed by atoms with Gasteiger partial charge in [0.15, 0.2) is 0 Å². The minimum Gasteiger partial charge on any atom is -0.352 e. The zero-order chi connectivity index (χ0) is 14.0. The van der Waals surface area contributed by atoms with Crippen LogP contribution in [0.3, 0.4) is 0 Å². The molecule has 0 saturated carbocycles. The summed E-state index contributed by atoms with van der Waals surface area (Å²) in [5.41, 5.74) is 0. The predicted molar refractivity (Wildman–Crippen MR) is 71.5 cm³/mol. The number of carbonyl (C=O) groups excluding carboxylic acids is 1. The fourth-order valence-electron chi connectivity index (χ4n) is 2.28. The van der Waals surface area contributed by atoms with E-state index in [-0.39, 0.29) is 29.5 Å². The van der Waals surface area contributed by atoms with Crippen LogP contribution in [0.2, 0.25) is 0 Å². The number of carbonyl (C=O) groups is 1. The lowest BCUT2D eigenvalue weighted by Gasteiger charge is -2.25. The molecule has 1 atom stereocenters. The van der Waals surface area contributed by atoms with E-state index in [9.17, 15) is 13.2 Å². The molecule has 0 aliphatic carbocycles. The van der Waals surface area contributed by atoms with Gasteiger partial charge >= 0.3 is 0 Å². The Labute approximate surface area is 113 Å². The maximum absolute atomic E-state index is 12.1. The maximum atomic E-state index is 12.1. The first-order valence-electron chi connectivity index (χ1n) is 6.39. The Kier molecular flexibility index (Phi) is 3.93. The fraction of sp³-hybridized carbons (Fsp3) is 0.667. The van der Waals surface area contributed by atoms with Crippen molar-refractivity contribution in [1.82, 2.24) is 14.9 Å². The quantitative estimate of drug-likeness (QED) is 0.874. The largest absolute Gasteiger partial charge is 0.352 e. The van der Waals surface area contributed by atoms with Crippen molar-refractivity contribution in [3.05, 3.63) is 18.2 Å². The molecule has 2 heterocycles. The van der Waals surface area contributed by atoms with Crippen LogP contribution in [0, 0.1) is 6.92 Å². The molecule has 0 radical (unpaired) electrons. The average Bonchev–Trinajstić information content (AvgIpc) is 2.77. The number of amides is 1. The Morgan fingerprint density at radius 1 is 1.47 bits per heavy atom. The summed E-state index contributed by atoms with van der Waals surface area (Å²) in [5, 5.41) is 2.92. The molecule has 0 aromatic carbocycles. The number of aryl methyl sites for hydroxylation is 1. The van der Waals surface area contributed by atoms with Gasteiger partial charge in [0.1, 0.15) is 21.7 Å². The first kappa shape index (κ1) is 14.0. The summed E-state index contributed by atoms with van der Waals surface area (Å²) in [6, 6.07) is -0.372. The van der Waals surface area contributed by atoms with E-state index < -0.39 is 9.84 Å². The molecule has 7 heteroatoms. The molecular formula is C12H19N3O3S. The number of sulfone groups is 1. The lowest BCUT2D eigenvalue weighted by atomic mass is 10.1. The number of imidazole rings is 1. The highest BCUT2D eigenvalue weighted by Crippen LogP contribution is 2.14. The summed E-state index contributed by atoms with van der Waals surface area (Å²) in [4.78, 5) is 16.2. The van der Waals surface area contributed by atoms with Crippen molar-refractivity contribution in [3.63, 3.8) is 0 Å². The van der Waals surface area contributed by atoms with E-state index in [1.54, 1.807) is 17.0 Å². The highest BCUT2D eigenvalue weighted by Gasteiger charge is 2.26. The van der Waals surface area contributed by atoms with Crippen molar-refractivity contribution >= 4 is 15.7 Å². The first-order chi connectivity index (χ1) is 8.89. The Balaban J connectivity index is 1.93. The van der Waals surface area contributed by atoms with E-state index in [4.69, 9.17) is 0 Å². The van der Waals surface area contributed by atoms with E-state index in [1.165, 1.54) is 0 Å². The second-order valence-electron chi connectivity index (χ2n) is 4.99. The van der Waals surface area contributed by atoms with Gasteiger partial charge in [-0.2, -0.15) is 0 Å². The van der Waals surface area contributed by atoms with Crippen LogP contribution >= 0.6 is 0 Å². The molecule has 2 rings (SSSR count). The van der Waals surface area contributed by atoms with Crippen molar-refractivity contribution in [2.24, 2.45) is 0 Å². The number of hydrogen-bond donors (Lipinski definition) is 1. The van der Waals surface area contributed by atoms with Crippen molar-refractivity contribution in [1.29, 1.82) is 0 Å². The van der Waals surface area contributed by atoms with Crippen molar-refractivity contribution in [2.75, 3.05) is 11.5 Å². The third-order valence-corrected chi connectivity index (χ3v) is 5.28. The third kappa shape index (κ3) is 3.34. The van der Waals surface area contributed by atoms with Gasteiger partial charge in [-0.1, -0.05) is 0 Å². The Hall–Kier alpha value is -1.37. The molecular weight excluding hydrogens is 266 g/mol. The van der Waals surface area contributed by atoms with E-state index in [2.05, 4.69) is 10.3 Å². The standard InChI is InChI=1S/C12H19N3O3S/c1-9(15-6-5-13-10(15)2)12(16)14-11-3-7-19(17,18)8-4-11/h5-6,9,11H,3-4,7-8H2,1-2H3,(H,14,16)/t9-/m1/s1. The molecule has 1 saturated heterocycles. The molecule has 106 valence electrons. The van der Waals surface area contributed by atoms with E-state index >= 15 is 0 Å². The van der Waals surface area contributed by atoms with Crippen LogP contribution in [0.15, 0.2) is 12.4 Å². The molecule has 0 spiro atoms. The van der Waals surface area contributed by atoms with Crippen LogP contribution < -0.4 is 5.32 Å². The molecule has 1 amide bonds. The van der Waals surface area contributed by atoms with Gasteiger partial charge in [0, 0.05) is 18.4 Å². The Bertz CT molecular complexity index is 551. The Morgan fingerprint density at radius 3 is 2.63 bits per heavy atom. The van der Waals surface area contributed by atoms with Gasteiger partial charge in [-0.3, -0.25) is 4.79 Å². The van der Waals surface area contributed by atoms with Gasteiger partial charge in [-0.15, -0.1) is 0 Å². The normalized spacial score (nSPS) is 20.9. The summed E-state index contributed by atoms with van der Waals surface area (Å²) in [7, 11) is -2.89. The lowest BCUT2D eigenvalue weighted by Crippen LogP contribution is -2.43. The van der Waals surface area contributed by atoms with Gasteiger partial charge in [-0.25, -0.2) is 13.4 Å². The van der Waals surface area contributed by atoms with Crippen LogP contribution in [0.4, 0.5) is 0 Å². The van der Waals surface area contributed by atoms with E-state index in [0.29, 0.717) is 12.8 Å². The highest BCUT2D eigenvalue weighted by atomic mass is 32.2. The summed E-state index contributed by atoms with van der Waals surface area (Å²) in [5.74, 6) is 1.02. The highest BCUT2D eigenvalue weighted by molar-refractivity contribution is 7.91. The summed E-state index contributed by atoms with van der Waals surface area (Å²) >= 11 is 0. The van der Waals surface area contributed by atoms with Gasteiger partial charge in [-0.05, 0) is 26.7 Å². The second-order valence-corrected chi connectivity index (χ2v) is 7.30. The minimum absolute atomic E-state index is 0.0395. The smallest absolute Gasteiger partial charge is 0.243 e. The zero-order valence-electron chi connectivity index (χ0n) is 11.2. The van der Waals surface area contributed by atoms with Crippen LogP contribution in [-0.4, -0.2) is 41.4 Å². The fourth-order valence-corrected chi connectivity index (χ4v) is 3.77. The van der Waals surface area contributed by atoms with E-state index in [0.717, 1.165) is 5.82 Å². The summed E-state index contributed by atoms with van der Waals surface area (Å²) < 4.78 is 24.4. The number of nitrogens with one attached hydrogen (secondary N) is 1. The SMILES string of the molecule is Cc1nccn1[C@H](C)C(=O)NC1CCS(=O)(=O)CC1. The molecule has 1 N–H and O–H groups in total. The molecule has 6 nitrogen and oxygen atoms in total. The summed E-state index contributed by atoms with van der Waals surface area (Å²) in [6.07, 6.45) is 4.44. The first-order valence-corrected chi connectivity index (χ1v) is 8.21. The number of hydrogen-bond acceptors (Lipinski definition) is 4. The number of rotatable bonds is 3. The molecule has 1 aliphatic rings. The monoisotopic (exact) mass is 285 g/mol. The van der Waals surface area contributed by atoms with Crippen molar-refractivity contribution in [2.45, 2.75) is 38.8 Å². The molecule has 19 heavy (non-hydrogen) atoms. The molecule has 0 bridgehead atoms. The molecule has 1 aliphatic heterocycles. The van der Waals surface area contributed by atoms with Crippen LogP contribution in [-0.2, 0) is 14.6 Å². The zero-order valence-corrected chi connectivity index (χ0v) is 12.0. The second kappa shape index (κ2) is 5.32. The predicted octanol–water partition coefficient (Wildman–Crippen LogP) is 0.446. The molecule has 1 aromatic rings. The molecule has 1 fully saturated rings. The van der Waals surface area contributed by atoms with Gasteiger partial charge in [0.25, 0.3) is 0 Å². The average molecular weight is 285 g/mol. The topological polar surface area (TPSA) is 81.1 Å². The summed E-state index contributed by atoms with van der Waals surface area (Å²) in [6.45, 7) is 3.65. The van der Waals surface area contributed by atoms with Crippen molar-refractivity contribution in [3.8, 4) is 0 Å².